The minimum atomic E-state index is -0.216. The number of para-hydroxylation sites is 1. The van der Waals surface area contributed by atoms with Gasteiger partial charge in [0.15, 0.2) is 0 Å². The Morgan fingerprint density at radius 2 is 1.87 bits per heavy atom. The first-order valence-electron chi connectivity index (χ1n) is 10.8. The van der Waals surface area contributed by atoms with Crippen molar-refractivity contribution in [2.24, 2.45) is 0 Å². The van der Waals surface area contributed by atoms with Gasteiger partial charge in [-0.05, 0) is 49.1 Å². The molecule has 0 aromatic heterocycles. The molecule has 2 aromatic rings. The molecule has 4 rings (SSSR count). The first-order chi connectivity index (χ1) is 14.7. The van der Waals surface area contributed by atoms with E-state index in [1.807, 2.05) is 41.3 Å². The first-order valence-corrected chi connectivity index (χ1v) is 10.8. The van der Waals surface area contributed by atoms with E-state index in [2.05, 4.69) is 4.90 Å². The zero-order valence-corrected chi connectivity index (χ0v) is 17.3. The lowest BCUT2D eigenvalue weighted by Gasteiger charge is -2.23. The molecule has 0 bridgehead atoms. The highest BCUT2D eigenvalue weighted by atomic mass is 19.1. The van der Waals surface area contributed by atoms with E-state index in [4.69, 9.17) is 9.47 Å². The molecule has 0 aliphatic carbocycles. The van der Waals surface area contributed by atoms with Gasteiger partial charge in [-0.15, -0.1) is 0 Å². The minimum Gasteiger partial charge on any atom is -0.490 e. The maximum atomic E-state index is 13.2. The Labute approximate surface area is 177 Å². The quantitative estimate of drug-likeness (QED) is 0.725. The van der Waals surface area contributed by atoms with Crippen molar-refractivity contribution in [1.82, 2.24) is 9.80 Å². The molecule has 1 atom stereocenters. The van der Waals surface area contributed by atoms with Gasteiger partial charge >= 0.3 is 0 Å². The molecule has 1 amide bonds. The third-order valence-electron chi connectivity index (χ3n) is 5.76. The Morgan fingerprint density at radius 3 is 2.67 bits per heavy atom. The molecule has 5 nitrogen and oxygen atoms in total. The number of hydrogen-bond donors (Lipinski definition) is 0. The molecule has 0 unspecified atom stereocenters. The Morgan fingerprint density at radius 1 is 1.03 bits per heavy atom. The average molecular weight is 413 g/mol. The highest BCUT2D eigenvalue weighted by Gasteiger charge is 2.24. The van der Waals surface area contributed by atoms with Gasteiger partial charge in [-0.3, -0.25) is 9.69 Å². The average Bonchev–Trinajstić information content (AvgIpc) is 3.19. The maximum Gasteiger partial charge on any atom is 0.257 e. The van der Waals surface area contributed by atoms with E-state index in [1.165, 1.54) is 12.1 Å². The van der Waals surface area contributed by atoms with Gasteiger partial charge in [-0.1, -0.05) is 24.3 Å². The van der Waals surface area contributed by atoms with Crippen molar-refractivity contribution < 1.29 is 18.7 Å². The molecule has 6 heteroatoms. The van der Waals surface area contributed by atoms with Crippen molar-refractivity contribution in [1.29, 1.82) is 0 Å². The molecule has 2 aliphatic heterocycles. The standard InChI is InChI=1S/C24H29FN2O3/c25-20-10-8-19(9-11-20)17-26-12-4-13-27(15-14-26)24(28)22-6-1-2-7-23(22)30-18-21-5-3-16-29-21/h1-2,6-11,21H,3-5,12-18H2/t21-/m1/s1. The minimum absolute atomic E-state index is 0.0153. The molecule has 2 aliphatic rings. The van der Waals surface area contributed by atoms with Gasteiger partial charge < -0.3 is 14.4 Å². The summed E-state index contributed by atoms with van der Waals surface area (Å²) in [5.74, 6) is 0.429. The normalized spacial score (nSPS) is 20.2. The van der Waals surface area contributed by atoms with Crippen LogP contribution < -0.4 is 4.74 Å². The Hall–Kier alpha value is -2.44. The molecular weight excluding hydrogens is 383 g/mol. The summed E-state index contributed by atoms with van der Waals surface area (Å²) < 4.78 is 24.7. The number of rotatable bonds is 6. The van der Waals surface area contributed by atoms with Crippen LogP contribution in [0.4, 0.5) is 4.39 Å². The third-order valence-corrected chi connectivity index (χ3v) is 5.76. The van der Waals surface area contributed by atoms with Crippen molar-refractivity contribution in [3.8, 4) is 5.75 Å². The number of nitrogens with zero attached hydrogens (tertiary/aromatic N) is 2. The van der Waals surface area contributed by atoms with Crippen LogP contribution in [0.3, 0.4) is 0 Å². The van der Waals surface area contributed by atoms with E-state index in [0.717, 1.165) is 57.6 Å². The number of amides is 1. The van der Waals surface area contributed by atoms with Crippen molar-refractivity contribution >= 4 is 5.91 Å². The number of carbonyl (C=O) groups is 1. The second-order valence-corrected chi connectivity index (χ2v) is 7.99. The maximum absolute atomic E-state index is 13.2. The monoisotopic (exact) mass is 412 g/mol. The Kier molecular flexibility index (Phi) is 6.97. The summed E-state index contributed by atoms with van der Waals surface area (Å²) in [5, 5.41) is 0. The predicted molar refractivity (Wildman–Crippen MR) is 113 cm³/mol. The number of hydrogen-bond acceptors (Lipinski definition) is 4. The third kappa shape index (κ3) is 5.37. The summed E-state index contributed by atoms with van der Waals surface area (Å²) in [7, 11) is 0. The van der Waals surface area contributed by atoms with Gasteiger partial charge in [-0.25, -0.2) is 4.39 Å². The van der Waals surface area contributed by atoms with Crippen LogP contribution in [0.25, 0.3) is 0 Å². The fourth-order valence-corrected chi connectivity index (χ4v) is 4.08. The topological polar surface area (TPSA) is 42.0 Å². The predicted octanol–water partition coefficient (Wildman–Crippen LogP) is 3.73. The number of ether oxygens (including phenoxy) is 2. The van der Waals surface area contributed by atoms with Crippen LogP contribution in [-0.2, 0) is 11.3 Å². The van der Waals surface area contributed by atoms with Crippen molar-refractivity contribution in [3.05, 3.63) is 65.5 Å². The lowest BCUT2D eigenvalue weighted by molar-refractivity contribution is 0.0652. The summed E-state index contributed by atoms with van der Waals surface area (Å²) >= 11 is 0. The zero-order chi connectivity index (χ0) is 20.8. The molecule has 2 aromatic carbocycles. The molecule has 0 saturated carbocycles. The molecular formula is C24H29FN2O3. The van der Waals surface area contributed by atoms with Crippen LogP contribution in [0, 0.1) is 5.82 Å². The van der Waals surface area contributed by atoms with E-state index in [1.54, 1.807) is 0 Å². The summed E-state index contributed by atoms with van der Waals surface area (Å²) in [6, 6.07) is 14.1. The van der Waals surface area contributed by atoms with E-state index in [-0.39, 0.29) is 17.8 Å². The second-order valence-electron chi connectivity index (χ2n) is 7.99. The zero-order valence-electron chi connectivity index (χ0n) is 17.3. The van der Waals surface area contributed by atoms with Crippen LogP contribution in [0.15, 0.2) is 48.5 Å². The van der Waals surface area contributed by atoms with Gasteiger partial charge in [0, 0.05) is 39.3 Å². The van der Waals surface area contributed by atoms with E-state index in [9.17, 15) is 9.18 Å². The smallest absolute Gasteiger partial charge is 0.257 e. The second kappa shape index (κ2) is 10.0. The van der Waals surface area contributed by atoms with Crippen LogP contribution >= 0.6 is 0 Å². The number of benzene rings is 2. The van der Waals surface area contributed by atoms with E-state index >= 15 is 0 Å². The SMILES string of the molecule is O=C(c1ccccc1OC[C@H]1CCCO1)N1CCCN(Cc2ccc(F)cc2)CC1. The summed E-state index contributed by atoms with van der Waals surface area (Å²) in [5.41, 5.74) is 1.70. The van der Waals surface area contributed by atoms with Gasteiger partial charge in [0.1, 0.15) is 18.2 Å². The summed E-state index contributed by atoms with van der Waals surface area (Å²) in [4.78, 5) is 17.5. The van der Waals surface area contributed by atoms with E-state index < -0.39 is 0 Å². The molecule has 0 N–H and O–H groups in total. The van der Waals surface area contributed by atoms with Gasteiger partial charge in [0.2, 0.25) is 0 Å². The molecule has 2 heterocycles. The highest BCUT2D eigenvalue weighted by molar-refractivity contribution is 5.97. The lowest BCUT2D eigenvalue weighted by atomic mass is 10.1. The molecule has 30 heavy (non-hydrogen) atoms. The Balaban J connectivity index is 1.36. The van der Waals surface area contributed by atoms with Gasteiger partial charge in [0.05, 0.1) is 11.7 Å². The largest absolute Gasteiger partial charge is 0.490 e. The summed E-state index contributed by atoms with van der Waals surface area (Å²) in [6.45, 7) is 5.13. The number of carbonyl (C=O) groups excluding carboxylic acids is 1. The lowest BCUT2D eigenvalue weighted by Crippen LogP contribution is -2.35. The highest BCUT2D eigenvalue weighted by Crippen LogP contribution is 2.23. The van der Waals surface area contributed by atoms with Crippen molar-refractivity contribution in [3.63, 3.8) is 0 Å². The molecule has 2 fully saturated rings. The van der Waals surface area contributed by atoms with Crippen molar-refractivity contribution in [2.45, 2.75) is 31.9 Å². The Bertz CT molecular complexity index is 837. The van der Waals surface area contributed by atoms with Crippen molar-refractivity contribution in [2.75, 3.05) is 39.4 Å². The van der Waals surface area contributed by atoms with Crippen LogP contribution in [0.2, 0.25) is 0 Å². The van der Waals surface area contributed by atoms with E-state index in [0.29, 0.717) is 24.5 Å². The molecule has 0 spiro atoms. The summed E-state index contributed by atoms with van der Waals surface area (Å²) in [6.07, 6.45) is 3.10. The molecule has 160 valence electrons. The van der Waals surface area contributed by atoms with Gasteiger partial charge in [-0.2, -0.15) is 0 Å². The van der Waals surface area contributed by atoms with Gasteiger partial charge in [0.25, 0.3) is 5.91 Å². The first kappa shape index (κ1) is 20.8. The number of halogens is 1. The van der Waals surface area contributed by atoms with Crippen LogP contribution in [0.5, 0.6) is 5.75 Å². The fraction of sp³-hybridized carbons (Fsp3) is 0.458. The van der Waals surface area contributed by atoms with Crippen LogP contribution in [0.1, 0.15) is 35.2 Å². The molecule has 0 radical (unpaired) electrons. The van der Waals surface area contributed by atoms with Crippen LogP contribution in [-0.4, -0.2) is 61.2 Å². The molecule has 2 saturated heterocycles. The fourth-order valence-electron chi connectivity index (χ4n) is 4.08.